The van der Waals surface area contributed by atoms with Gasteiger partial charge in [0, 0.05) is 17.7 Å². The van der Waals surface area contributed by atoms with E-state index in [0.717, 1.165) is 6.07 Å². The van der Waals surface area contributed by atoms with Gasteiger partial charge in [0.1, 0.15) is 17.3 Å². The highest BCUT2D eigenvalue weighted by Gasteiger charge is 2.46. The first kappa shape index (κ1) is 21.0. The van der Waals surface area contributed by atoms with E-state index >= 15 is 0 Å². The third-order valence-electron chi connectivity index (χ3n) is 5.31. The number of nitrogens with zero attached hydrogens (tertiary/aromatic N) is 2. The Bertz CT molecular complexity index is 1250. The van der Waals surface area contributed by atoms with E-state index < -0.39 is 34.2 Å². The van der Waals surface area contributed by atoms with Gasteiger partial charge in [-0.2, -0.15) is 0 Å². The third-order valence-corrected chi connectivity index (χ3v) is 5.31. The summed E-state index contributed by atoms with van der Waals surface area (Å²) in [6, 6.07) is 11.5. The molecule has 0 bridgehead atoms. The fraction of sp³-hybridized carbons (Fsp3) is 0.130. The quantitative estimate of drug-likeness (QED) is 0.210. The molecule has 0 aliphatic carbocycles. The summed E-state index contributed by atoms with van der Waals surface area (Å²) in [5.74, 6) is -2.53. The number of carbonyl (C=O) groups excluding carboxylic acids is 2. The van der Waals surface area contributed by atoms with Crippen molar-refractivity contribution in [2.75, 3.05) is 0 Å². The molecule has 32 heavy (non-hydrogen) atoms. The van der Waals surface area contributed by atoms with Crippen LogP contribution in [-0.2, 0) is 16.1 Å². The molecule has 8 nitrogen and oxygen atoms in total. The van der Waals surface area contributed by atoms with Crippen LogP contribution >= 0.6 is 0 Å². The van der Waals surface area contributed by atoms with E-state index in [1.54, 1.807) is 19.1 Å². The number of rotatable bonds is 5. The van der Waals surface area contributed by atoms with Crippen molar-refractivity contribution in [3.05, 3.63) is 105 Å². The normalized spacial score (nSPS) is 17.7. The topological polar surface area (TPSA) is 114 Å². The van der Waals surface area contributed by atoms with Crippen molar-refractivity contribution in [1.29, 1.82) is 0 Å². The molecule has 3 aromatic rings. The smallest absolute Gasteiger partial charge is 0.296 e. The Hall–Kier alpha value is -4.27. The van der Waals surface area contributed by atoms with Crippen molar-refractivity contribution < 1.29 is 28.4 Å². The van der Waals surface area contributed by atoms with Crippen molar-refractivity contribution in [3.63, 3.8) is 0 Å². The molecule has 2 aromatic carbocycles. The Balaban J connectivity index is 1.87. The lowest BCUT2D eigenvalue weighted by Crippen LogP contribution is -2.29. The van der Waals surface area contributed by atoms with Crippen LogP contribution in [0.25, 0.3) is 5.76 Å². The van der Waals surface area contributed by atoms with Crippen LogP contribution < -0.4 is 0 Å². The van der Waals surface area contributed by atoms with Crippen LogP contribution in [0.2, 0.25) is 0 Å². The summed E-state index contributed by atoms with van der Waals surface area (Å²) in [7, 11) is 0. The summed E-state index contributed by atoms with van der Waals surface area (Å²) in [6.45, 7) is 1.48. The predicted molar refractivity (Wildman–Crippen MR) is 111 cm³/mol. The number of aliphatic hydroxyl groups excluding tert-OH is 1. The van der Waals surface area contributed by atoms with E-state index in [4.69, 9.17) is 4.42 Å². The summed E-state index contributed by atoms with van der Waals surface area (Å²) in [5.41, 5.74) is 0.356. The highest BCUT2D eigenvalue weighted by Crippen LogP contribution is 2.40. The van der Waals surface area contributed by atoms with Crippen molar-refractivity contribution >= 4 is 23.1 Å². The molecule has 1 N–H and O–H groups in total. The standard InChI is InChI=1S/C23H17FN2O6/c1-13-4-5-15(11-18(13)24)21(27)19-20(14-6-8-16(9-7-14)26(30)31)25(23(29)22(19)28)12-17-3-2-10-32-17/h2-11,20,27H,12H2,1H3/b21-19-. The van der Waals surface area contributed by atoms with Gasteiger partial charge in [0.25, 0.3) is 17.4 Å². The Morgan fingerprint density at radius 1 is 1.19 bits per heavy atom. The lowest BCUT2D eigenvalue weighted by Gasteiger charge is -2.24. The van der Waals surface area contributed by atoms with Crippen LogP contribution in [0.3, 0.4) is 0 Å². The van der Waals surface area contributed by atoms with Crippen molar-refractivity contribution in [1.82, 2.24) is 4.90 Å². The lowest BCUT2D eigenvalue weighted by molar-refractivity contribution is -0.384. The molecule has 9 heteroatoms. The van der Waals surface area contributed by atoms with E-state index in [1.165, 1.54) is 47.6 Å². The maximum Gasteiger partial charge on any atom is 0.296 e. The number of Topliss-reactive ketones (excluding diaryl/α,β-unsaturated/α-hetero) is 1. The number of aryl methyl sites for hydroxylation is 1. The number of likely N-dealkylation sites (tertiary alicyclic amines) is 1. The molecule has 1 aliphatic rings. The van der Waals surface area contributed by atoms with Crippen molar-refractivity contribution in [3.8, 4) is 0 Å². The van der Waals surface area contributed by atoms with E-state index in [1.807, 2.05) is 0 Å². The molecule has 1 atom stereocenters. The molecule has 0 saturated carbocycles. The molecule has 0 radical (unpaired) electrons. The Kier molecular flexibility index (Phi) is 5.31. The summed E-state index contributed by atoms with van der Waals surface area (Å²) < 4.78 is 19.4. The second-order valence-corrected chi connectivity index (χ2v) is 7.32. The number of furan rings is 1. The van der Waals surface area contributed by atoms with Crippen molar-refractivity contribution in [2.24, 2.45) is 0 Å². The van der Waals surface area contributed by atoms with Crippen LogP contribution in [0.5, 0.6) is 0 Å². The minimum Gasteiger partial charge on any atom is -0.507 e. The number of ketones is 1. The number of amides is 1. The molecule has 162 valence electrons. The molecule has 1 aliphatic heterocycles. The predicted octanol–water partition coefficient (Wildman–Crippen LogP) is 4.26. The van der Waals surface area contributed by atoms with Crippen LogP contribution in [-0.4, -0.2) is 26.6 Å². The van der Waals surface area contributed by atoms with Crippen molar-refractivity contribution in [2.45, 2.75) is 19.5 Å². The molecule has 1 amide bonds. The molecule has 1 saturated heterocycles. The average Bonchev–Trinajstić information content (AvgIpc) is 3.37. The molecular weight excluding hydrogens is 419 g/mol. The first-order chi connectivity index (χ1) is 15.3. The van der Waals surface area contributed by atoms with Gasteiger partial charge in [-0.25, -0.2) is 4.39 Å². The van der Waals surface area contributed by atoms with Gasteiger partial charge in [0.15, 0.2) is 0 Å². The fourth-order valence-electron chi connectivity index (χ4n) is 3.63. The van der Waals surface area contributed by atoms with Gasteiger partial charge in [-0.15, -0.1) is 0 Å². The second-order valence-electron chi connectivity index (χ2n) is 7.32. The number of halogens is 1. The molecular formula is C23H17FN2O6. The zero-order valence-electron chi connectivity index (χ0n) is 16.8. The number of carbonyl (C=O) groups is 2. The first-order valence-electron chi connectivity index (χ1n) is 9.59. The zero-order chi connectivity index (χ0) is 23.0. The number of non-ortho nitro benzene ring substituents is 1. The molecule has 1 aromatic heterocycles. The largest absolute Gasteiger partial charge is 0.507 e. The Labute approximate surface area is 181 Å². The summed E-state index contributed by atoms with van der Waals surface area (Å²) in [5, 5.41) is 21.9. The number of hydrogen-bond acceptors (Lipinski definition) is 6. The molecule has 4 rings (SSSR count). The SMILES string of the molecule is Cc1ccc(/C(O)=C2/C(=O)C(=O)N(Cc3ccco3)C2c2ccc([N+](=O)[O-])cc2)cc1F. The van der Waals surface area contributed by atoms with Gasteiger partial charge in [-0.1, -0.05) is 12.1 Å². The van der Waals surface area contributed by atoms with E-state index in [2.05, 4.69) is 0 Å². The average molecular weight is 436 g/mol. The van der Waals surface area contributed by atoms with Gasteiger partial charge in [-0.05, 0) is 48.4 Å². The summed E-state index contributed by atoms with van der Waals surface area (Å²) in [4.78, 5) is 37.4. The van der Waals surface area contributed by atoms with Gasteiger partial charge < -0.3 is 14.4 Å². The number of nitro benzene ring substituents is 1. The molecule has 2 heterocycles. The number of hydrogen-bond donors (Lipinski definition) is 1. The van der Waals surface area contributed by atoms with E-state index in [0.29, 0.717) is 16.9 Å². The number of benzene rings is 2. The lowest BCUT2D eigenvalue weighted by atomic mass is 9.94. The first-order valence-corrected chi connectivity index (χ1v) is 9.59. The maximum absolute atomic E-state index is 14.1. The highest BCUT2D eigenvalue weighted by molar-refractivity contribution is 6.46. The van der Waals surface area contributed by atoms with Crippen LogP contribution in [0.1, 0.15) is 28.5 Å². The Morgan fingerprint density at radius 3 is 2.50 bits per heavy atom. The van der Waals surface area contributed by atoms with Crippen LogP contribution in [0.4, 0.5) is 10.1 Å². The number of aliphatic hydroxyl groups is 1. The van der Waals surface area contributed by atoms with Crippen LogP contribution in [0, 0.1) is 22.9 Å². The highest BCUT2D eigenvalue weighted by atomic mass is 19.1. The third kappa shape index (κ3) is 3.64. The van der Waals surface area contributed by atoms with Gasteiger partial charge in [-0.3, -0.25) is 19.7 Å². The maximum atomic E-state index is 14.1. The molecule has 0 spiro atoms. The number of nitro groups is 1. The minimum atomic E-state index is -1.05. The fourth-order valence-corrected chi connectivity index (χ4v) is 3.63. The van der Waals surface area contributed by atoms with E-state index in [9.17, 15) is 29.2 Å². The summed E-state index contributed by atoms with van der Waals surface area (Å²) in [6.07, 6.45) is 1.42. The van der Waals surface area contributed by atoms with Gasteiger partial charge in [0.05, 0.1) is 29.3 Å². The molecule has 1 fully saturated rings. The van der Waals surface area contributed by atoms with Gasteiger partial charge >= 0.3 is 0 Å². The zero-order valence-corrected chi connectivity index (χ0v) is 16.8. The second kappa shape index (κ2) is 8.10. The van der Waals surface area contributed by atoms with Crippen LogP contribution in [0.15, 0.2) is 70.9 Å². The molecule has 1 unspecified atom stereocenters. The minimum absolute atomic E-state index is 0.0380. The van der Waals surface area contributed by atoms with E-state index in [-0.39, 0.29) is 23.4 Å². The Morgan fingerprint density at radius 2 is 1.91 bits per heavy atom. The monoisotopic (exact) mass is 436 g/mol. The van der Waals surface area contributed by atoms with Gasteiger partial charge in [0.2, 0.25) is 0 Å². The summed E-state index contributed by atoms with van der Waals surface area (Å²) >= 11 is 0.